The number of nitrogens with two attached hydrogens (primary N) is 1. The molecule has 82 valence electrons. The third kappa shape index (κ3) is 1.63. The Labute approximate surface area is 88.6 Å². The van der Waals surface area contributed by atoms with Gasteiger partial charge >= 0.3 is 0 Å². The molecule has 0 saturated carbocycles. The van der Waals surface area contributed by atoms with Gasteiger partial charge in [0.1, 0.15) is 0 Å². The lowest BCUT2D eigenvalue weighted by Crippen LogP contribution is -2.28. The van der Waals surface area contributed by atoms with Crippen LogP contribution in [0.5, 0.6) is 0 Å². The third-order valence-corrected chi connectivity index (χ3v) is 2.85. The van der Waals surface area contributed by atoms with Crippen LogP contribution in [-0.2, 0) is 11.2 Å². The molecule has 0 aromatic carbocycles. The zero-order chi connectivity index (χ0) is 11.0. The molecule has 1 saturated heterocycles. The Kier molecular flexibility index (Phi) is 2.48. The van der Waals surface area contributed by atoms with Crippen LogP contribution in [0.2, 0.25) is 0 Å². The standard InChI is InChI=1S/C10H16N4O/c1-3-8-6(2)10(13-12-8)14-5-7(11)4-9(14)15/h7H,3-5,11H2,1-2H3,(H,12,13). The molecular weight excluding hydrogens is 192 g/mol. The summed E-state index contributed by atoms with van der Waals surface area (Å²) >= 11 is 0. The first-order chi connectivity index (χ1) is 7.13. The van der Waals surface area contributed by atoms with Crippen molar-refractivity contribution in [1.82, 2.24) is 10.2 Å². The summed E-state index contributed by atoms with van der Waals surface area (Å²) in [6.45, 7) is 4.62. The molecule has 2 rings (SSSR count). The zero-order valence-electron chi connectivity index (χ0n) is 9.08. The third-order valence-electron chi connectivity index (χ3n) is 2.85. The van der Waals surface area contributed by atoms with E-state index in [-0.39, 0.29) is 11.9 Å². The molecule has 1 aromatic heterocycles. The van der Waals surface area contributed by atoms with Gasteiger partial charge in [0, 0.05) is 30.3 Å². The number of aryl methyl sites for hydroxylation is 1. The highest BCUT2D eigenvalue weighted by Gasteiger charge is 2.30. The molecule has 0 spiro atoms. The van der Waals surface area contributed by atoms with E-state index in [0.29, 0.717) is 13.0 Å². The molecule has 1 unspecified atom stereocenters. The number of aromatic amines is 1. The fourth-order valence-electron chi connectivity index (χ4n) is 1.97. The lowest BCUT2D eigenvalue weighted by molar-refractivity contribution is -0.117. The maximum atomic E-state index is 11.6. The lowest BCUT2D eigenvalue weighted by Gasteiger charge is -2.13. The van der Waals surface area contributed by atoms with E-state index in [1.165, 1.54) is 0 Å². The quantitative estimate of drug-likeness (QED) is 0.736. The molecular formula is C10H16N4O. The van der Waals surface area contributed by atoms with Crippen LogP contribution < -0.4 is 10.6 Å². The molecule has 1 amide bonds. The number of rotatable bonds is 2. The van der Waals surface area contributed by atoms with Crippen molar-refractivity contribution in [3.8, 4) is 0 Å². The van der Waals surface area contributed by atoms with E-state index in [9.17, 15) is 4.79 Å². The molecule has 0 radical (unpaired) electrons. The highest BCUT2D eigenvalue weighted by atomic mass is 16.2. The summed E-state index contributed by atoms with van der Waals surface area (Å²) in [5.41, 5.74) is 7.88. The van der Waals surface area contributed by atoms with Crippen molar-refractivity contribution in [3.05, 3.63) is 11.3 Å². The Morgan fingerprint density at radius 2 is 2.40 bits per heavy atom. The lowest BCUT2D eigenvalue weighted by atomic mass is 10.2. The van der Waals surface area contributed by atoms with E-state index in [2.05, 4.69) is 17.1 Å². The van der Waals surface area contributed by atoms with Crippen molar-refractivity contribution in [2.24, 2.45) is 5.73 Å². The summed E-state index contributed by atoms with van der Waals surface area (Å²) in [5.74, 6) is 0.810. The molecule has 0 bridgehead atoms. The van der Waals surface area contributed by atoms with Crippen LogP contribution in [0.1, 0.15) is 24.6 Å². The Morgan fingerprint density at radius 1 is 1.67 bits per heavy atom. The maximum absolute atomic E-state index is 11.6. The van der Waals surface area contributed by atoms with Gasteiger partial charge < -0.3 is 5.73 Å². The second-order valence-electron chi connectivity index (χ2n) is 3.97. The Bertz CT molecular complexity index is 385. The first kappa shape index (κ1) is 10.2. The second-order valence-corrected chi connectivity index (χ2v) is 3.97. The first-order valence-electron chi connectivity index (χ1n) is 5.23. The number of nitrogens with zero attached hydrogens (tertiary/aromatic N) is 2. The molecule has 1 aromatic rings. The van der Waals surface area contributed by atoms with Gasteiger partial charge in [-0.1, -0.05) is 6.92 Å². The average molecular weight is 208 g/mol. The number of anilines is 1. The predicted octanol–water partition coefficient (Wildman–Crippen LogP) is 0.345. The highest BCUT2D eigenvalue weighted by molar-refractivity contribution is 5.96. The fourth-order valence-corrected chi connectivity index (χ4v) is 1.97. The summed E-state index contributed by atoms with van der Waals surface area (Å²) in [6.07, 6.45) is 1.32. The Balaban J connectivity index is 2.30. The predicted molar refractivity (Wildman–Crippen MR) is 57.6 cm³/mol. The van der Waals surface area contributed by atoms with Crippen LogP contribution in [0.3, 0.4) is 0 Å². The molecule has 15 heavy (non-hydrogen) atoms. The van der Waals surface area contributed by atoms with Crippen LogP contribution in [0.4, 0.5) is 5.82 Å². The number of hydrogen-bond donors (Lipinski definition) is 2. The van der Waals surface area contributed by atoms with E-state index in [1.807, 2.05) is 6.92 Å². The summed E-state index contributed by atoms with van der Waals surface area (Å²) in [7, 11) is 0. The summed E-state index contributed by atoms with van der Waals surface area (Å²) in [6, 6.07) is -0.0568. The zero-order valence-corrected chi connectivity index (χ0v) is 9.08. The van der Waals surface area contributed by atoms with E-state index in [1.54, 1.807) is 4.90 Å². The van der Waals surface area contributed by atoms with Crippen LogP contribution in [0, 0.1) is 6.92 Å². The summed E-state index contributed by atoms with van der Waals surface area (Å²) < 4.78 is 0. The van der Waals surface area contributed by atoms with Crippen LogP contribution in [0.15, 0.2) is 0 Å². The molecule has 1 aliphatic rings. The van der Waals surface area contributed by atoms with Crippen LogP contribution in [-0.4, -0.2) is 28.7 Å². The maximum Gasteiger partial charge on any atom is 0.229 e. The van der Waals surface area contributed by atoms with Gasteiger partial charge in [0.25, 0.3) is 0 Å². The minimum absolute atomic E-state index is 0.0568. The van der Waals surface area contributed by atoms with Crippen LogP contribution >= 0.6 is 0 Å². The summed E-state index contributed by atoms with van der Waals surface area (Å²) in [5, 5.41) is 7.13. The van der Waals surface area contributed by atoms with E-state index >= 15 is 0 Å². The van der Waals surface area contributed by atoms with Gasteiger partial charge in [0.05, 0.1) is 0 Å². The highest BCUT2D eigenvalue weighted by Crippen LogP contribution is 2.24. The van der Waals surface area contributed by atoms with Gasteiger partial charge in [-0.3, -0.25) is 14.8 Å². The topological polar surface area (TPSA) is 75.0 Å². The molecule has 5 heteroatoms. The van der Waals surface area contributed by atoms with Crippen molar-refractivity contribution in [1.29, 1.82) is 0 Å². The van der Waals surface area contributed by atoms with Crippen LogP contribution in [0.25, 0.3) is 0 Å². The van der Waals surface area contributed by atoms with Crippen molar-refractivity contribution in [3.63, 3.8) is 0 Å². The first-order valence-corrected chi connectivity index (χ1v) is 5.23. The molecule has 5 nitrogen and oxygen atoms in total. The number of aromatic nitrogens is 2. The average Bonchev–Trinajstić information content (AvgIpc) is 2.69. The van der Waals surface area contributed by atoms with E-state index < -0.39 is 0 Å². The number of nitrogens with one attached hydrogen (secondary N) is 1. The van der Waals surface area contributed by atoms with Gasteiger partial charge in [0.15, 0.2) is 5.82 Å². The van der Waals surface area contributed by atoms with Crippen molar-refractivity contribution < 1.29 is 4.79 Å². The number of carbonyl (C=O) groups is 1. The molecule has 3 N–H and O–H groups in total. The molecule has 1 atom stereocenters. The minimum atomic E-state index is -0.0568. The largest absolute Gasteiger partial charge is 0.326 e. The Morgan fingerprint density at radius 3 is 2.87 bits per heavy atom. The number of amides is 1. The van der Waals surface area contributed by atoms with Gasteiger partial charge in [0.2, 0.25) is 5.91 Å². The SMILES string of the molecule is CCc1[nH]nc(N2CC(N)CC2=O)c1C. The summed E-state index contributed by atoms with van der Waals surface area (Å²) in [4.78, 5) is 13.3. The molecule has 2 heterocycles. The minimum Gasteiger partial charge on any atom is -0.326 e. The van der Waals surface area contributed by atoms with Crippen molar-refractivity contribution in [2.45, 2.75) is 32.7 Å². The van der Waals surface area contributed by atoms with Gasteiger partial charge in [-0.15, -0.1) is 0 Å². The molecule has 1 aliphatic heterocycles. The van der Waals surface area contributed by atoms with Gasteiger partial charge in [-0.2, -0.15) is 5.10 Å². The fraction of sp³-hybridized carbons (Fsp3) is 0.600. The smallest absolute Gasteiger partial charge is 0.229 e. The van der Waals surface area contributed by atoms with Gasteiger partial charge in [-0.05, 0) is 13.3 Å². The van der Waals surface area contributed by atoms with Crippen molar-refractivity contribution >= 4 is 11.7 Å². The molecule has 0 aliphatic carbocycles. The van der Waals surface area contributed by atoms with E-state index in [4.69, 9.17) is 5.73 Å². The number of H-pyrrole nitrogens is 1. The number of carbonyl (C=O) groups excluding carboxylic acids is 1. The second kappa shape index (κ2) is 3.66. The molecule has 1 fully saturated rings. The number of hydrogen-bond acceptors (Lipinski definition) is 3. The van der Waals surface area contributed by atoms with E-state index in [0.717, 1.165) is 23.5 Å². The van der Waals surface area contributed by atoms with Crippen molar-refractivity contribution in [2.75, 3.05) is 11.4 Å². The van der Waals surface area contributed by atoms with Gasteiger partial charge in [-0.25, -0.2) is 0 Å². The normalized spacial score (nSPS) is 21.4. The Hall–Kier alpha value is -1.36. The monoisotopic (exact) mass is 208 g/mol.